The first-order chi connectivity index (χ1) is 11.5. The smallest absolute Gasteiger partial charge is 0.257 e. The number of aromatic nitrogens is 4. The second-order valence-electron chi connectivity index (χ2n) is 6.63. The molecule has 1 aliphatic heterocycles. The number of aryl methyl sites for hydroxylation is 4. The van der Waals surface area contributed by atoms with E-state index in [4.69, 9.17) is 0 Å². The van der Waals surface area contributed by atoms with Crippen molar-refractivity contribution in [2.75, 3.05) is 6.54 Å². The lowest BCUT2D eigenvalue weighted by Crippen LogP contribution is -2.36. The van der Waals surface area contributed by atoms with Crippen LogP contribution in [0.4, 0.5) is 0 Å². The molecule has 1 amide bonds. The summed E-state index contributed by atoms with van der Waals surface area (Å²) in [6.07, 6.45) is 5.95. The Morgan fingerprint density at radius 2 is 1.96 bits per heavy atom. The van der Waals surface area contributed by atoms with Gasteiger partial charge in [-0.2, -0.15) is 5.10 Å². The Hall–Kier alpha value is -2.24. The van der Waals surface area contributed by atoms with Crippen LogP contribution in [0.25, 0.3) is 0 Å². The number of nitrogens with zero attached hydrogens (tertiary/aromatic N) is 4. The number of amides is 1. The average Bonchev–Trinajstić information content (AvgIpc) is 2.75. The van der Waals surface area contributed by atoms with Gasteiger partial charge < -0.3 is 4.90 Å². The molecule has 1 aliphatic rings. The van der Waals surface area contributed by atoms with E-state index in [0.29, 0.717) is 11.4 Å². The van der Waals surface area contributed by atoms with Gasteiger partial charge in [-0.05, 0) is 40.5 Å². The molecule has 1 fully saturated rings. The highest BCUT2D eigenvalue weighted by atomic mass is 16.2. The Bertz CT molecular complexity index is 732. The molecule has 1 saturated heterocycles. The summed E-state index contributed by atoms with van der Waals surface area (Å²) >= 11 is 0. The molecule has 3 heterocycles. The van der Waals surface area contributed by atoms with Gasteiger partial charge in [0.2, 0.25) is 0 Å². The van der Waals surface area contributed by atoms with E-state index in [-0.39, 0.29) is 11.9 Å². The number of hydrogen-bond acceptors (Lipinski definition) is 4. The van der Waals surface area contributed by atoms with Gasteiger partial charge in [0.15, 0.2) is 0 Å². The van der Waals surface area contributed by atoms with Crippen LogP contribution in [0.2, 0.25) is 0 Å². The van der Waals surface area contributed by atoms with Crippen LogP contribution in [-0.2, 0) is 0 Å². The maximum atomic E-state index is 13.2. The van der Waals surface area contributed by atoms with Gasteiger partial charge >= 0.3 is 0 Å². The van der Waals surface area contributed by atoms with Crippen molar-refractivity contribution in [1.82, 2.24) is 25.1 Å². The minimum Gasteiger partial charge on any atom is -0.331 e. The first kappa shape index (κ1) is 16.6. The van der Waals surface area contributed by atoms with E-state index in [9.17, 15) is 4.79 Å². The van der Waals surface area contributed by atoms with Gasteiger partial charge in [-0.25, -0.2) is 9.97 Å². The molecule has 3 rings (SSSR count). The van der Waals surface area contributed by atoms with E-state index in [1.54, 1.807) is 6.20 Å². The second-order valence-corrected chi connectivity index (χ2v) is 6.63. The predicted octanol–water partition coefficient (Wildman–Crippen LogP) is 3.19. The number of aromatic amines is 1. The van der Waals surface area contributed by atoms with E-state index < -0.39 is 0 Å². The largest absolute Gasteiger partial charge is 0.331 e. The Kier molecular flexibility index (Phi) is 4.64. The molecule has 0 radical (unpaired) electrons. The van der Waals surface area contributed by atoms with Crippen LogP contribution < -0.4 is 0 Å². The molecule has 2 aromatic rings. The summed E-state index contributed by atoms with van der Waals surface area (Å²) in [6.45, 7) is 8.52. The zero-order chi connectivity index (χ0) is 17.3. The van der Waals surface area contributed by atoms with Crippen molar-refractivity contribution < 1.29 is 4.79 Å². The Morgan fingerprint density at radius 1 is 1.17 bits per heavy atom. The van der Waals surface area contributed by atoms with Crippen molar-refractivity contribution in [2.24, 2.45) is 0 Å². The third-order valence-electron chi connectivity index (χ3n) is 4.86. The summed E-state index contributed by atoms with van der Waals surface area (Å²) in [4.78, 5) is 23.8. The molecule has 1 N–H and O–H groups in total. The van der Waals surface area contributed by atoms with Crippen LogP contribution >= 0.6 is 0 Å². The SMILES string of the molecule is Cc1ncc(C(=O)N2CCCCC[C@@H]2c2c(C)n[nH]c2C)c(C)n1. The molecule has 0 bridgehead atoms. The van der Waals surface area contributed by atoms with E-state index >= 15 is 0 Å². The van der Waals surface area contributed by atoms with Crippen molar-refractivity contribution in [3.8, 4) is 0 Å². The zero-order valence-corrected chi connectivity index (χ0v) is 14.9. The molecule has 1 atom stereocenters. The van der Waals surface area contributed by atoms with Gasteiger partial charge in [0, 0.05) is 24.0 Å². The lowest BCUT2D eigenvalue weighted by atomic mass is 9.98. The highest BCUT2D eigenvalue weighted by Gasteiger charge is 2.31. The van der Waals surface area contributed by atoms with Gasteiger partial charge in [-0.15, -0.1) is 0 Å². The fourth-order valence-electron chi connectivity index (χ4n) is 3.65. The highest BCUT2D eigenvalue weighted by molar-refractivity contribution is 5.95. The van der Waals surface area contributed by atoms with Gasteiger partial charge in [0.05, 0.1) is 23.0 Å². The molecule has 6 heteroatoms. The number of carbonyl (C=O) groups is 1. The highest BCUT2D eigenvalue weighted by Crippen LogP contribution is 2.34. The third-order valence-corrected chi connectivity index (χ3v) is 4.86. The van der Waals surface area contributed by atoms with Crippen LogP contribution in [0.5, 0.6) is 0 Å². The standard InChI is InChI=1S/C18H25N5O/c1-11-15(10-19-14(4)20-11)18(24)23-9-7-5-6-8-16(23)17-12(2)21-22-13(17)3/h10,16H,5-9H2,1-4H3,(H,21,22)/t16-/m1/s1. The third kappa shape index (κ3) is 3.05. The number of hydrogen-bond donors (Lipinski definition) is 1. The minimum absolute atomic E-state index is 0.0272. The zero-order valence-electron chi connectivity index (χ0n) is 14.9. The lowest BCUT2D eigenvalue weighted by molar-refractivity contribution is 0.0678. The van der Waals surface area contributed by atoms with Crippen molar-refractivity contribution in [2.45, 2.75) is 59.4 Å². The van der Waals surface area contributed by atoms with E-state index in [1.165, 1.54) is 0 Å². The number of carbonyl (C=O) groups excluding carboxylic acids is 1. The summed E-state index contributed by atoms with van der Waals surface area (Å²) in [6, 6.07) is 0.0689. The second kappa shape index (κ2) is 6.71. The Balaban J connectivity index is 2.00. The number of rotatable bonds is 2. The van der Waals surface area contributed by atoms with Gasteiger partial charge in [-0.1, -0.05) is 12.8 Å². The number of likely N-dealkylation sites (tertiary alicyclic amines) is 1. The van der Waals surface area contributed by atoms with Gasteiger partial charge in [0.1, 0.15) is 5.82 Å². The molecule has 0 spiro atoms. The van der Waals surface area contributed by atoms with Crippen LogP contribution in [0, 0.1) is 27.7 Å². The van der Waals surface area contributed by atoms with Gasteiger partial charge in [0.25, 0.3) is 5.91 Å². The molecule has 6 nitrogen and oxygen atoms in total. The minimum atomic E-state index is 0.0272. The van der Waals surface area contributed by atoms with Crippen molar-refractivity contribution in [1.29, 1.82) is 0 Å². The van der Waals surface area contributed by atoms with Crippen LogP contribution in [0.3, 0.4) is 0 Å². The van der Waals surface area contributed by atoms with E-state index in [2.05, 4.69) is 20.2 Å². The Morgan fingerprint density at radius 3 is 2.62 bits per heavy atom. The maximum Gasteiger partial charge on any atom is 0.257 e. The van der Waals surface area contributed by atoms with Crippen LogP contribution in [0.1, 0.15) is 70.6 Å². The topological polar surface area (TPSA) is 74.8 Å². The molecular formula is C18H25N5O. The first-order valence-corrected chi connectivity index (χ1v) is 8.61. The Labute approximate surface area is 142 Å². The molecule has 0 saturated carbocycles. The molecule has 0 aromatic carbocycles. The van der Waals surface area contributed by atoms with Crippen LogP contribution in [0.15, 0.2) is 6.20 Å². The molecule has 128 valence electrons. The van der Waals surface area contributed by atoms with Crippen LogP contribution in [-0.4, -0.2) is 37.5 Å². The average molecular weight is 327 g/mol. The fourth-order valence-corrected chi connectivity index (χ4v) is 3.65. The monoisotopic (exact) mass is 327 g/mol. The molecule has 24 heavy (non-hydrogen) atoms. The number of nitrogens with one attached hydrogen (secondary N) is 1. The summed E-state index contributed by atoms with van der Waals surface area (Å²) < 4.78 is 0. The molecule has 0 aliphatic carbocycles. The van der Waals surface area contributed by atoms with E-state index in [1.807, 2.05) is 32.6 Å². The first-order valence-electron chi connectivity index (χ1n) is 8.61. The summed E-state index contributed by atoms with van der Waals surface area (Å²) in [7, 11) is 0. The van der Waals surface area contributed by atoms with Crippen molar-refractivity contribution >= 4 is 5.91 Å². The predicted molar refractivity (Wildman–Crippen MR) is 91.8 cm³/mol. The molecule has 2 aromatic heterocycles. The molecule has 0 unspecified atom stereocenters. The summed E-state index contributed by atoms with van der Waals surface area (Å²) in [5.74, 6) is 0.720. The quantitative estimate of drug-likeness (QED) is 0.919. The summed E-state index contributed by atoms with van der Waals surface area (Å²) in [5, 5.41) is 7.39. The van der Waals surface area contributed by atoms with Gasteiger partial charge in [-0.3, -0.25) is 9.89 Å². The van der Waals surface area contributed by atoms with Crippen molar-refractivity contribution in [3.05, 3.63) is 40.2 Å². The lowest BCUT2D eigenvalue weighted by Gasteiger charge is -2.31. The number of H-pyrrole nitrogens is 1. The normalized spacial score (nSPS) is 18.5. The van der Waals surface area contributed by atoms with Crippen molar-refractivity contribution in [3.63, 3.8) is 0 Å². The molecular weight excluding hydrogens is 302 g/mol. The van der Waals surface area contributed by atoms with E-state index in [0.717, 1.165) is 54.9 Å². The maximum absolute atomic E-state index is 13.2. The summed E-state index contributed by atoms with van der Waals surface area (Å²) in [5.41, 5.74) is 4.54. The fraction of sp³-hybridized carbons (Fsp3) is 0.556.